The third-order valence-corrected chi connectivity index (χ3v) is 6.26. The van der Waals surface area contributed by atoms with Crippen LogP contribution in [-0.4, -0.2) is 27.2 Å². The normalized spacial score (nSPS) is 25.9. The minimum Gasteiger partial charge on any atom is -0.352 e. The van der Waals surface area contributed by atoms with Gasteiger partial charge >= 0.3 is 0 Å². The van der Waals surface area contributed by atoms with Gasteiger partial charge in [0.25, 0.3) is 0 Å². The van der Waals surface area contributed by atoms with E-state index < -0.39 is 0 Å². The molecule has 1 aromatic rings. The molecule has 0 spiro atoms. The standard InChI is InChI=1S/C18H29N3OS/c1-10-8-7-9-16(11(10)2)21-17(22)15(6)23-18-19-13(4)12(3)14(5)20-18/h10-11,15-16H,7-9H2,1-6H3,(H,21,22)/t10-,11-,15-,16-/m0/s1. The summed E-state index contributed by atoms with van der Waals surface area (Å²) >= 11 is 1.45. The molecule has 0 unspecified atom stereocenters. The Morgan fingerprint density at radius 3 is 2.39 bits per heavy atom. The van der Waals surface area contributed by atoms with Crippen molar-refractivity contribution in [1.29, 1.82) is 0 Å². The Kier molecular flexibility index (Phi) is 6.06. The van der Waals surface area contributed by atoms with Crippen LogP contribution in [0.25, 0.3) is 0 Å². The number of hydrogen-bond acceptors (Lipinski definition) is 4. The van der Waals surface area contributed by atoms with Crippen LogP contribution in [0.1, 0.15) is 57.0 Å². The number of carbonyl (C=O) groups excluding carboxylic acids is 1. The van der Waals surface area contributed by atoms with Gasteiger partial charge in [0.15, 0.2) is 5.16 Å². The van der Waals surface area contributed by atoms with Crippen LogP contribution in [0.3, 0.4) is 0 Å². The summed E-state index contributed by atoms with van der Waals surface area (Å²) in [4.78, 5) is 21.5. The second-order valence-electron chi connectivity index (χ2n) is 6.94. The van der Waals surface area contributed by atoms with Crippen molar-refractivity contribution in [2.45, 2.75) is 77.3 Å². The highest BCUT2D eigenvalue weighted by molar-refractivity contribution is 8.00. The zero-order valence-electron chi connectivity index (χ0n) is 15.1. The minimum atomic E-state index is -0.180. The van der Waals surface area contributed by atoms with Gasteiger partial charge in [0.05, 0.1) is 5.25 Å². The second kappa shape index (κ2) is 7.65. The fourth-order valence-electron chi connectivity index (χ4n) is 3.09. The molecule has 0 aromatic carbocycles. The van der Waals surface area contributed by atoms with Crippen molar-refractivity contribution < 1.29 is 4.79 Å². The van der Waals surface area contributed by atoms with Crippen LogP contribution < -0.4 is 5.32 Å². The lowest BCUT2D eigenvalue weighted by Gasteiger charge is -2.35. The quantitative estimate of drug-likeness (QED) is 0.671. The highest BCUT2D eigenvalue weighted by Gasteiger charge is 2.29. The first-order chi connectivity index (χ1) is 10.8. The number of carbonyl (C=O) groups is 1. The average molecular weight is 336 g/mol. The molecule has 4 atom stereocenters. The van der Waals surface area contributed by atoms with E-state index in [-0.39, 0.29) is 11.2 Å². The molecule has 0 bridgehead atoms. The van der Waals surface area contributed by atoms with Crippen molar-refractivity contribution in [3.63, 3.8) is 0 Å². The van der Waals surface area contributed by atoms with E-state index >= 15 is 0 Å². The highest BCUT2D eigenvalue weighted by Crippen LogP contribution is 2.30. The zero-order valence-corrected chi connectivity index (χ0v) is 16.0. The maximum absolute atomic E-state index is 12.5. The van der Waals surface area contributed by atoms with Crippen LogP contribution in [0, 0.1) is 32.6 Å². The van der Waals surface area contributed by atoms with Crippen LogP contribution in [-0.2, 0) is 4.79 Å². The molecule has 0 aliphatic heterocycles. The maximum atomic E-state index is 12.5. The van der Waals surface area contributed by atoms with E-state index in [0.717, 1.165) is 23.4 Å². The van der Waals surface area contributed by atoms with Crippen LogP contribution in [0.2, 0.25) is 0 Å². The van der Waals surface area contributed by atoms with Gasteiger partial charge in [-0.1, -0.05) is 38.5 Å². The highest BCUT2D eigenvalue weighted by atomic mass is 32.2. The third kappa shape index (κ3) is 4.46. The smallest absolute Gasteiger partial charge is 0.233 e. The third-order valence-electron chi connectivity index (χ3n) is 5.30. The van der Waals surface area contributed by atoms with Gasteiger partial charge < -0.3 is 5.32 Å². The van der Waals surface area contributed by atoms with Gasteiger partial charge in [-0.3, -0.25) is 4.79 Å². The second-order valence-corrected chi connectivity index (χ2v) is 8.25. The monoisotopic (exact) mass is 335 g/mol. The van der Waals surface area contributed by atoms with Gasteiger partial charge in [0.2, 0.25) is 5.91 Å². The zero-order chi connectivity index (χ0) is 17.1. The van der Waals surface area contributed by atoms with Gasteiger partial charge in [-0.15, -0.1) is 0 Å². The van der Waals surface area contributed by atoms with E-state index in [9.17, 15) is 4.79 Å². The molecule has 1 amide bonds. The number of hydrogen-bond donors (Lipinski definition) is 1. The topological polar surface area (TPSA) is 54.9 Å². The number of rotatable bonds is 4. The molecule has 1 aliphatic rings. The maximum Gasteiger partial charge on any atom is 0.233 e. The Bertz CT molecular complexity index is 552. The average Bonchev–Trinajstić information content (AvgIpc) is 2.49. The van der Waals surface area contributed by atoms with E-state index in [1.54, 1.807) is 0 Å². The molecule has 23 heavy (non-hydrogen) atoms. The number of amides is 1. The largest absolute Gasteiger partial charge is 0.352 e. The van der Waals surface area contributed by atoms with Crippen molar-refractivity contribution in [2.24, 2.45) is 11.8 Å². The Morgan fingerprint density at radius 2 is 1.78 bits per heavy atom. The summed E-state index contributed by atoms with van der Waals surface area (Å²) in [6, 6.07) is 0.303. The van der Waals surface area contributed by atoms with Gasteiger partial charge in [-0.05, 0) is 51.5 Å². The molecule has 5 heteroatoms. The lowest BCUT2D eigenvalue weighted by atomic mass is 9.78. The summed E-state index contributed by atoms with van der Waals surface area (Å²) in [5.41, 5.74) is 3.10. The molecule has 1 N–H and O–H groups in total. The summed E-state index contributed by atoms with van der Waals surface area (Å²) in [7, 11) is 0. The molecule has 1 aliphatic carbocycles. The Hall–Kier alpha value is -1.10. The van der Waals surface area contributed by atoms with E-state index in [2.05, 4.69) is 29.1 Å². The van der Waals surface area contributed by atoms with E-state index in [0.29, 0.717) is 23.0 Å². The Balaban J connectivity index is 1.97. The summed E-state index contributed by atoms with van der Waals surface area (Å²) in [6.45, 7) is 12.5. The molecule has 0 saturated heterocycles. The van der Waals surface area contributed by atoms with Crippen LogP contribution >= 0.6 is 11.8 Å². The summed E-state index contributed by atoms with van der Waals surface area (Å²) in [5, 5.41) is 3.76. The van der Waals surface area contributed by atoms with Crippen LogP contribution in [0.4, 0.5) is 0 Å². The van der Waals surface area contributed by atoms with Gasteiger partial charge in [-0.25, -0.2) is 9.97 Å². The van der Waals surface area contributed by atoms with Gasteiger partial charge in [0, 0.05) is 17.4 Å². The van der Waals surface area contributed by atoms with Crippen molar-refractivity contribution in [1.82, 2.24) is 15.3 Å². The Labute approximate surface area is 144 Å². The van der Waals surface area contributed by atoms with Gasteiger partial charge in [-0.2, -0.15) is 0 Å². The van der Waals surface area contributed by atoms with Crippen molar-refractivity contribution >= 4 is 17.7 Å². The lowest BCUT2D eigenvalue weighted by Crippen LogP contribution is -2.46. The summed E-state index contributed by atoms with van der Waals surface area (Å²) < 4.78 is 0. The SMILES string of the molecule is Cc1nc(S[C@@H](C)C(=O)N[C@H]2CCC[C@H](C)[C@@H]2C)nc(C)c1C. The van der Waals surface area contributed by atoms with E-state index in [1.165, 1.54) is 24.6 Å². The first-order valence-corrected chi connectivity index (χ1v) is 9.46. The molecule has 128 valence electrons. The molecule has 4 nitrogen and oxygen atoms in total. The van der Waals surface area contributed by atoms with Crippen molar-refractivity contribution in [2.75, 3.05) is 0 Å². The first-order valence-electron chi connectivity index (χ1n) is 8.58. The fourth-order valence-corrected chi connectivity index (χ4v) is 3.96. The predicted molar refractivity (Wildman–Crippen MR) is 95.7 cm³/mol. The minimum absolute atomic E-state index is 0.0976. The summed E-state index contributed by atoms with van der Waals surface area (Å²) in [5.74, 6) is 1.33. The molecule has 1 fully saturated rings. The van der Waals surface area contributed by atoms with Crippen molar-refractivity contribution in [3.05, 3.63) is 17.0 Å². The number of nitrogens with zero attached hydrogens (tertiary/aromatic N) is 2. The first kappa shape index (κ1) is 18.2. The number of nitrogens with one attached hydrogen (secondary N) is 1. The number of aryl methyl sites for hydroxylation is 2. The molecule has 2 rings (SSSR count). The molecule has 1 aromatic heterocycles. The lowest BCUT2D eigenvalue weighted by molar-refractivity contribution is -0.121. The Morgan fingerprint density at radius 1 is 1.17 bits per heavy atom. The predicted octanol–water partition coefficient (Wildman–Crippen LogP) is 3.82. The van der Waals surface area contributed by atoms with Crippen molar-refractivity contribution in [3.8, 4) is 0 Å². The van der Waals surface area contributed by atoms with Crippen LogP contribution in [0.5, 0.6) is 0 Å². The van der Waals surface area contributed by atoms with Gasteiger partial charge in [0.1, 0.15) is 0 Å². The molecular formula is C18H29N3OS. The molecular weight excluding hydrogens is 306 g/mol. The molecule has 1 heterocycles. The number of thioether (sulfide) groups is 1. The fraction of sp³-hybridized carbons (Fsp3) is 0.722. The van der Waals surface area contributed by atoms with E-state index in [4.69, 9.17) is 0 Å². The van der Waals surface area contributed by atoms with Crippen LogP contribution in [0.15, 0.2) is 5.16 Å². The number of aromatic nitrogens is 2. The molecule has 0 radical (unpaired) electrons. The summed E-state index contributed by atoms with van der Waals surface area (Å²) in [6.07, 6.45) is 3.57. The molecule has 1 saturated carbocycles. The van der Waals surface area contributed by atoms with E-state index in [1.807, 2.05) is 27.7 Å².